The molecule has 18 heavy (non-hydrogen) atoms. The molecule has 2 N–H and O–H groups in total. The summed E-state index contributed by atoms with van der Waals surface area (Å²) < 4.78 is 5.26. The van der Waals surface area contributed by atoms with Crippen molar-refractivity contribution in [2.45, 2.75) is 18.9 Å². The van der Waals surface area contributed by atoms with Gasteiger partial charge in [0.25, 0.3) is 0 Å². The summed E-state index contributed by atoms with van der Waals surface area (Å²) in [4.78, 5) is 11.8. The molecule has 0 aromatic heterocycles. The number of amides is 1. The largest absolute Gasteiger partial charge is 0.378 e. The normalized spacial score (nSPS) is 19.4. The van der Waals surface area contributed by atoms with E-state index < -0.39 is 0 Å². The molecule has 4 nitrogen and oxygen atoms in total. The maximum Gasteiger partial charge on any atom is 0.239 e. The van der Waals surface area contributed by atoms with Gasteiger partial charge in [0.15, 0.2) is 0 Å². The van der Waals surface area contributed by atoms with Gasteiger partial charge in [0.2, 0.25) is 5.91 Å². The zero-order valence-corrected chi connectivity index (χ0v) is 10.5. The van der Waals surface area contributed by atoms with E-state index in [1.54, 1.807) is 0 Å². The van der Waals surface area contributed by atoms with E-state index in [1.807, 2.05) is 18.2 Å². The van der Waals surface area contributed by atoms with E-state index in [9.17, 15) is 4.79 Å². The highest BCUT2D eigenvalue weighted by atomic mass is 16.5. The van der Waals surface area contributed by atoms with Gasteiger partial charge < -0.3 is 15.4 Å². The van der Waals surface area contributed by atoms with Crippen LogP contribution in [0.5, 0.6) is 0 Å². The van der Waals surface area contributed by atoms with E-state index in [1.165, 1.54) is 5.56 Å². The Hall–Kier alpha value is -1.39. The lowest BCUT2D eigenvalue weighted by molar-refractivity contribution is -0.125. The zero-order valence-electron chi connectivity index (χ0n) is 10.5. The van der Waals surface area contributed by atoms with E-state index in [-0.39, 0.29) is 11.9 Å². The summed E-state index contributed by atoms with van der Waals surface area (Å²) in [6.07, 6.45) is 1.96. The Kier molecular flexibility index (Phi) is 5.17. The van der Waals surface area contributed by atoms with Crippen molar-refractivity contribution in [3.63, 3.8) is 0 Å². The van der Waals surface area contributed by atoms with Crippen LogP contribution in [0.25, 0.3) is 0 Å². The van der Waals surface area contributed by atoms with Gasteiger partial charge in [-0.05, 0) is 18.4 Å². The van der Waals surface area contributed by atoms with Crippen LogP contribution in [0.15, 0.2) is 30.3 Å². The average molecular weight is 248 g/mol. The molecule has 0 bridgehead atoms. The predicted octanol–water partition coefficient (Wildman–Crippen LogP) is 0.724. The highest BCUT2D eigenvalue weighted by molar-refractivity contribution is 5.81. The molecule has 1 amide bonds. The second kappa shape index (κ2) is 7.13. The van der Waals surface area contributed by atoms with Crippen molar-refractivity contribution in [1.29, 1.82) is 0 Å². The zero-order chi connectivity index (χ0) is 12.6. The number of morpholine rings is 1. The van der Waals surface area contributed by atoms with Gasteiger partial charge >= 0.3 is 0 Å². The van der Waals surface area contributed by atoms with Gasteiger partial charge in [-0.25, -0.2) is 0 Å². The van der Waals surface area contributed by atoms with Crippen molar-refractivity contribution in [3.8, 4) is 0 Å². The molecular formula is C14H20N2O2. The molecule has 1 aromatic carbocycles. The van der Waals surface area contributed by atoms with Crippen molar-refractivity contribution >= 4 is 5.91 Å². The Morgan fingerprint density at radius 3 is 2.94 bits per heavy atom. The number of carbonyl (C=O) groups excluding carboxylic acids is 1. The van der Waals surface area contributed by atoms with Crippen LogP contribution in [-0.4, -0.2) is 38.3 Å². The number of rotatable bonds is 5. The van der Waals surface area contributed by atoms with Crippen LogP contribution < -0.4 is 10.6 Å². The smallest absolute Gasteiger partial charge is 0.239 e. The second-order valence-corrected chi connectivity index (χ2v) is 4.46. The molecule has 0 radical (unpaired) electrons. The van der Waals surface area contributed by atoms with Gasteiger partial charge in [0, 0.05) is 13.1 Å². The van der Waals surface area contributed by atoms with Crippen LogP contribution in [-0.2, 0) is 16.0 Å². The van der Waals surface area contributed by atoms with Gasteiger partial charge in [-0.3, -0.25) is 4.79 Å². The molecule has 98 valence electrons. The summed E-state index contributed by atoms with van der Waals surface area (Å²) in [5.41, 5.74) is 1.31. The first-order valence-electron chi connectivity index (χ1n) is 6.49. The molecule has 4 heteroatoms. The maximum atomic E-state index is 11.8. The molecule has 1 aromatic rings. The van der Waals surface area contributed by atoms with E-state index in [2.05, 4.69) is 22.8 Å². The van der Waals surface area contributed by atoms with Gasteiger partial charge in [-0.15, -0.1) is 0 Å². The van der Waals surface area contributed by atoms with Crippen LogP contribution >= 0.6 is 0 Å². The third kappa shape index (κ3) is 4.13. The minimum absolute atomic E-state index is 0.0442. The first-order valence-corrected chi connectivity index (χ1v) is 6.49. The minimum Gasteiger partial charge on any atom is -0.378 e. The van der Waals surface area contributed by atoms with E-state index >= 15 is 0 Å². The summed E-state index contributed by atoms with van der Waals surface area (Å²) in [7, 11) is 0. The topological polar surface area (TPSA) is 50.4 Å². The molecular weight excluding hydrogens is 228 g/mol. The molecule has 1 aliphatic heterocycles. The fraction of sp³-hybridized carbons (Fsp3) is 0.500. The number of aryl methyl sites for hydroxylation is 1. The number of hydrogen-bond acceptors (Lipinski definition) is 3. The van der Waals surface area contributed by atoms with Crippen molar-refractivity contribution in [2.75, 3.05) is 26.3 Å². The van der Waals surface area contributed by atoms with Gasteiger partial charge in [-0.1, -0.05) is 30.3 Å². The molecule has 1 aliphatic rings. The SMILES string of the molecule is O=C(NCCCc1ccccc1)C1COCCN1. The molecule has 0 aliphatic carbocycles. The molecule has 0 saturated carbocycles. The third-order valence-electron chi connectivity index (χ3n) is 3.02. The van der Waals surface area contributed by atoms with Crippen LogP contribution in [0.1, 0.15) is 12.0 Å². The van der Waals surface area contributed by atoms with Crippen LogP contribution in [0.2, 0.25) is 0 Å². The second-order valence-electron chi connectivity index (χ2n) is 4.46. The molecule has 1 heterocycles. The molecule has 1 unspecified atom stereocenters. The number of hydrogen-bond donors (Lipinski definition) is 2. The summed E-state index contributed by atoms with van der Waals surface area (Å²) in [5.74, 6) is 0.0442. The van der Waals surface area contributed by atoms with Crippen molar-refractivity contribution in [1.82, 2.24) is 10.6 Å². The van der Waals surface area contributed by atoms with Crippen LogP contribution in [0.3, 0.4) is 0 Å². The van der Waals surface area contributed by atoms with Crippen LogP contribution in [0, 0.1) is 0 Å². The van der Waals surface area contributed by atoms with Crippen LogP contribution in [0.4, 0.5) is 0 Å². The number of nitrogens with one attached hydrogen (secondary N) is 2. The lowest BCUT2D eigenvalue weighted by Crippen LogP contribution is -2.51. The molecule has 0 spiro atoms. The predicted molar refractivity (Wildman–Crippen MR) is 70.4 cm³/mol. The highest BCUT2D eigenvalue weighted by Gasteiger charge is 2.20. The van der Waals surface area contributed by atoms with E-state index in [0.29, 0.717) is 19.8 Å². The summed E-state index contributed by atoms with van der Waals surface area (Å²) >= 11 is 0. The number of benzene rings is 1. The minimum atomic E-state index is -0.185. The average Bonchev–Trinajstić information content (AvgIpc) is 2.45. The Labute approximate surface area is 108 Å². The Bertz CT molecular complexity index is 361. The standard InChI is InChI=1S/C14H20N2O2/c17-14(13-11-18-10-9-15-13)16-8-4-7-12-5-2-1-3-6-12/h1-3,5-6,13,15H,4,7-11H2,(H,16,17). The summed E-state index contributed by atoms with van der Waals surface area (Å²) in [5, 5.41) is 6.08. The number of ether oxygens (including phenoxy) is 1. The summed E-state index contributed by atoms with van der Waals surface area (Å²) in [6.45, 7) is 2.64. The monoisotopic (exact) mass is 248 g/mol. The quantitative estimate of drug-likeness (QED) is 0.755. The molecule has 1 saturated heterocycles. The first kappa shape index (κ1) is 13.1. The fourth-order valence-electron chi connectivity index (χ4n) is 2.01. The maximum absolute atomic E-state index is 11.8. The lowest BCUT2D eigenvalue weighted by atomic mass is 10.1. The van der Waals surface area contributed by atoms with Crippen molar-refractivity contribution < 1.29 is 9.53 Å². The lowest BCUT2D eigenvalue weighted by Gasteiger charge is -2.22. The fourth-order valence-corrected chi connectivity index (χ4v) is 2.01. The van der Waals surface area contributed by atoms with Crippen molar-refractivity contribution in [3.05, 3.63) is 35.9 Å². The van der Waals surface area contributed by atoms with Gasteiger partial charge in [0.05, 0.1) is 13.2 Å². The van der Waals surface area contributed by atoms with E-state index in [0.717, 1.165) is 19.4 Å². The number of carbonyl (C=O) groups is 1. The summed E-state index contributed by atoms with van der Waals surface area (Å²) in [6, 6.07) is 10.1. The first-order chi connectivity index (χ1) is 8.86. The highest BCUT2D eigenvalue weighted by Crippen LogP contribution is 2.01. The Morgan fingerprint density at radius 2 is 2.22 bits per heavy atom. The van der Waals surface area contributed by atoms with Gasteiger partial charge in [0.1, 0.15) is 6.04 Å². The third-order valence-corrected chi connectivity index (χ3v) is 3.02. The molecule has 1 fully saturated rings. The Morgan fingerprint density at radius 1 is 1.39 bits per heavy atom. The van der Waals surface area contributed by atoms with E-state index in [4.69, 9.17) is 4.74 Å². The molecule has 1 atom stereocenters. The van der Waals surface area contributed by atoms with Gasteiger partial charge in [-0.2, -0.15) is 0 Å². The Balaban J connectivity index is 1.61. The van der Waals surface area contributed by atoms with Crippen molar-refractivity contribution in [2.24, 2.45) is 0 Å². The molecule has 2 rings (SSSR count).